The molecule has 0 bridgehead atoms. The van der Waals surface area contributed by atoms with E-state index in [1.807, 2.05) is 6.08 Å². The van der Waals surface area contributed by atoms with Crippen LogP contribution in [0, 0.1) is 5.92 Å². The summed E-state index contributed by atoms with van der Waals surface area (Å²) in [5.74, 6) is 0.739. The first-order valence-corrected chi connectivity index (χ1v) is 5.19. The summed E-state index contributed by atoms with van der Waals surface area (Å²) in [4.78, 5) is 0. The molecule has 0 N–H and O–H groups in total. The molecule has 0 aromatic carbocycles. The van der Waals surface area contributed by atoms with Gasteiger partial charge in [0.2, 0.25) is 0 Å². The Hall–Kier alpha value is -0.780. The van der Waals surface area contributed by atoms with Crippen molar-refractivity contribution >= 4 is 0 Å². The van der Waals surface area contributed by atoms with Crippen molar-refractivity contribution in [2.45, 2.75) is 40.0 Å². The van der Waals surface area contributed by atoms with E-state index >= 15 is 0 Å². The lowest BCUT2D eigenvalue weighted by atomic mass is 9.79. The van der Waals surface area contributed by atoms with Crippen molar-refractivity contribution in [3.05, 3.63) is 35.5 Å². The van der Waals surface area contributed by atoms with Gasteiger partial charge in [0.05, 0.1) is 0 Å². The zero-order valence-electron chi connectivity index (χ0n) is 9.06. The van der Waals surface area contributed by atoms with Crippen LogP contribution in [0.1, 0.15) is 40.0 Å². The van der Waals surface area contributed by atoms with Crippen molar-refractivity contribution in [3.63, 3.8) is 0 Å². The molecule has 1 saturated carbocycles. The quantitative estimate of drug-likeness (QED) is 0.560. The second-order valence-electron chi connectivity index (χ2n) is 3.90. The number of hydrogen-bond donors (Lipinski definition) is 0. The molecule has 0 radical (unpaired) electrons. The highest BCUT2D eigenvalue weighted by molar-refractivity contribution is 5.40. The molecule has 0 spiro atoms. The van der Waals surface area contributed by atoms with E-state index < -0.39 is 0 Å². The molecule has 0 heterocycles. The molecule has 1 atom stereocenters. The normalized spacial score (nSPS) is 30.4. The van der Waals surface area contributed by atoms with Crippen LogP contribution in [0.3, 0.4) is 0 Å². The molecular weight excluding hydrogens is 156 g/mol. The first-order valence-electron chi connectivity index (χ1n) is 5.19. The molecule has 0 saturated heterocycles. The SMILES string of the molecule is C=C/C(C)=C1/CCCC(C)/C1=C/C. The average Bonchev–Trinajstić information content (AvgIpc) is 2.16. The van der Waals surface area contributed by atoms with Gasteiger partial charge < -0.3 is 0 Å². The lowest BCUT2D eigenvalue weighted by Gasteiger charge is -2.26. The summed E-state index contributed by atoms with van der Waals surface area (Å²) < 4.78 is 0. The third-order valence-corrected chi connectivity index (χ3v) is 3.04. The van der Waals surface area contributed by atoms with Crippen LogP contribution in [0.4, 0.5) is 0 Å². The number of rotatable bonds is 1. The van der Waals surface area contributed by atoms with Crippen LogP contribution in [-0.4, -0.2) is 0 Å². The summed E-state index contributed by atoms with van der Waals surface area (Å²) >= 11 is 0. The molecule has 0 aliphatic heterocycles. The summed E-state index contributed by atoms with van der Waals surface area (Å²) in [6.45, 7) is 10.5. The maximum absolute atomic E-state index is 3.84. The van der Waals surface area contributed by atoms with E-state index in [-0.39, 0.29) is 0 Å². The van der Waals surface area contributed by atoms with Crippen molar-refractivity contribution in [1.82, 2.24) is 0 Å². The van der Waals surface area contributed by atoms with E-state index in [9.17, 15) is 0 Å². The fourth-order valence-corrected chi connectivity index (χ4v) is 2.19. The molecule has 0 aromatic heterocycles. The summed E-state index contributed by atoms with van der Waals surface area (Å²) in [6.07, 6.45) is 8.16. The Morgan fingerprint density at radius 3 is 2.77 bits per heavy atom. The summed E-state index contributed by atoms with van der Waals surface area (Å²) in [6, 6.07) is 0. The Bertz CT molecular complexity index is 253. The third kappa shape index (κ3) is 2.12. The zero-order valence-corrected chi connectivity index (χ0v) is 9.06. The minimum Gasteiger partial charge on any atom is -0.0988 e. The molecule has 0 heteroatoms. The Labute approximate surface area is 82.0 Å². The highest BCUT2D eigenvalue weighted by Crippen LogP contribution is 2.35. The topological polar surface area (TPSA) is 0 Å². The molecular formula is C13H20. The molecule has 72 valence electrons. The minimum absolute atomic E-state index is 0.739. The van der Waals surface area contributed by atoms with Gasteiger partial charge >= 0.3 is 0 Å². The summed E-state index contributed by atoms with van der Waals surface area (Å²) in [7, 11) is 0. The predicted octanol–water partition coefficient (Wildman–Crippen LogP) is 4.26. The fourth-order valence-electron chi connectivity index (χ4n) is 2.19. The first kappa shape index (κ1) is 10.3. The Morgan fingerprint density at radius 2 is 2.23 bits per heavy atom. The van der Waals surface area contributed by atoms with Gasteiger partial charge in [-0.05, 0) is 55.7 Å². The smallest absolute Gasteiger partial charge is 0.0191 e. The van der Waals surface area contributed by atoms with Gasteiger partial charge in [-0.1, -0.05) is 25.7 Å². The van der Waals surface area contributed by atoms with Gasteiger partial charge in [0.1, 0.15) is 0 Å². The lowest BCUT2D eigenvalue weighted by Crippen LogP contribution is -2.10. The second kappa shape index (κ2) is 4.45. The van der Waals surface area contributed by atoms with Gasteiger partial charge in [-0.2, -0.15) is 0 Å². The molecule has 1 unspecified atom stereocenters. The van der Waals surface area contributed by atoms with Crippen molar-refractivity contribution in [3.8, 4) is 0 Å². The van der Waals surface area contributed by atoms with E-state index in [2.05, 4.69) is 33.4 Å². The molecule has 1 rings (SSSR count). The van der Waals surface area contributed by atoms with Gasteiger partial charge in [0.15, 0.2) is 0 Å². The monoisotopic (exact) mass is 176 g/mol. The van der Waals surface area contributed by atoms with Crippen molar-refractivity contribution < 1.29 is 0 Å². The van der Waals surface area contributed by atoms with Crippen molar-refractivity contribution in [1.29, 1.82) is 0 Å². The largest absolute Gasteiger partial charge is 0.0988 e. The van der Waals surface area contributed by atoms with Crippen LogP contribution < -0.4 is 0 Å². The Balaban J connectivity index is 3.02. The molecule has 0 amide bonds. The summed E-state index contributed by atoms with van der Waals surface area (Å²) in [5, 5.41) is 0. The molecule has 1 aliphatic rings. The molecule has 0 nitrogen and oxygen atoms in total. The van der Waals surface area contributed by atoms with Gasteiger partial charge in [-0.15, -0.1) is 0 Å². The van der Waals surface area contributed by atoms with Crippen LogP contribution in [0.15, 0.2) is 35.5 Å². The Kier molecular flexibility index (Phi) is 3.53. The third-order valence-electron chi connectivity index (χ3n) is 3.04. The zero-order chi connectivity index (χ0) is 9.84. The van der Waals surface area contributed by atoms with Crippen molar-refractivity contribution in [2.24, 2.45) is 5.92 Å². The van der Waals surface area contributed by atoms with Crippen LogP contribution in [0.5, 0.6) is 0 Å². The van der Waals surface area contributed by atoms with E-state index in [1.165, 1.54) is 30.4 Å². The van der Waals surface area contributed by atoms with Gasteiger partial charge in [0, 0.05) is 0 Å². The standard InChI is InChI=1S/C13H20/c1-5-10(3)13-9-7-8-11(4)12(13)6-2/h5-6,11H,1,7-9H2,2-4H3/b12-6-,13-10-. The molecule has 1 aliphatic carbocycles. The van der Waals surface area contributed by atoms with Crippen LogP contribution in [0.25, 0.3) is 0 Å². The predicted molar refractivity (Wildman–Crippen MR) is 59.7 cm³/mol. The lowest BCUT2D eigenvalue weighted by molar-refractivity contribution is 0.536. The summed E-state index contributed by atoms with van der Waals surface area (Å²) in [5.41, 5.74) is 4.44. The fraction of sp³-hybridized carbons (Fsp3) is 0.538. The maximum Gasteiger partial charge on any atom is -0.0191 e. The van der Waals surface area contributed by atoms with Crippen LogP contribution >= 0.6 is 0 Å². The van der Waals surface area contributed by atoms with E-state index in [0.717, 1.165) is 5.92 Å². The highest BCUT2D eigenvalue weighted by Gasteiger charge is 2.18. The van der Waals surface area contributed by atoms with E-state index in [1.54, 1.807) is 5.57 Å². The van der Waals surface area contributed by atoms with Crippen LogP contribution in [0.2, 0.25) is 0 Å². The number of hydrogen-bond acceptors (Lipinski definition) is 0. The maximum atomic E-state index is 3.84. The number of allylic oxidation sites excluding steroid dienone is 5. The van der Waals surface area contributed by atoms with Gasteiger partial charge in [-0.25, -0.2) is 0 Å². The highest BCUT2D eigenvalue weighted by atomic mass is 14.2. The Morgan fingerprint density at radius 1 is 1.54 bits per heavy atom. The van der Waals surface area contributed by atoms with Gasteiger partial charge in [-0.3, -0.25) is 0 Å². The minimum atomic E-state index is 0.739. The van der Waals surface area contributed by atoms with E-state index in [0.29, 0.717) is 0 Å². The first-order chi connectivity index (χ1) is 6.20. The second-order valence-corrected chi connectivity index (χ2v) is 3.90. The molecule has 0 aromatic rings. The average molecular weight is 176 g/mol. The van der Waals surface area contributed by atoms with Crippen molar-refractivity contribution in [2.75, 3.05) is 0 Å². The molecule has 13 heavy (non-hydrogen) atoms. The van der Waals surface area contributed by atoms with Crippen LogP contribution in [-0.2, 0) is 0 Å². The van der Waals surface area contributed by atoms with E-state index in [4.69, 9.17) is 0 Å². The van der Waals surface area contributed by atoms with Gasteiger partial charge in [0.25, 0.3) is 0 Å². The molecule has 1 fully saturated rings.